The quantitative estimate of drug-likeness (QED) is 0.0180. The van der Waals surface area contributed by atoms with Gasteiger partial charge in [-0.1, -0.05) is 89.0 Å². The van der Waals surface area contributed by atoms with Crippen LogP contribution in [0.4, 0.5) is 11.4 Å². The van der Waals surface area contributed by atoms with Gasteiger partial charge in [0.25, 0.3) is 0 Å². The molecule has 0 spiro atoms. The molecule has 0 bridgehead atoms. The third-order valence-corrected chi connectivity index (χ3v) is 8.53. The minimum absolute atomic E-state index is 0. The van der Waals surface area contributed by atoms with Crippen molar-refractivity contribution in [3.63, 3.8) is 0 Å². The zero-order chi connectivity index (χ0) is 51.1. The van der Waals surface area contributed by atoms with Crippen molar-refractivity contribution in [3.8, 4) is 0 Å². The van der Waals surface area contributed by atoms with Crippen LogP contribution in [-0.2, 0) is 42.9 Å². The second-order valence-corrected chi connectivity index (χ2v) is 13.2. The molecule has 0 unspecified atom stereocenters. The van der Waals surface area contributed by atoms with Crippen LogP contribution in [0.15, 0.2) is 155 Å². The van der Waals surface area contributed by atoms with Gasteiger partial charge in [-0.25, -0.2) is 28.8 Å². The molecule has 0 amide bonds. The Balaban J connectivity index is 0. The number of nitrogen functional groups attached to an aromatic ring is 1. The number of anilines is 2. The number of carbonyl (C=O) groups excluding carboxylic acids is 5. The molecular formula is C54H68N4O14. The maximum atomic E-state index is 11.9. The number of hydrogen-bond donors (Lipinski definition) is 5. The first-order valence-electron chi connectivity index (χ1n) is 21.5. The number of aromatic nitrogens is 2. The van der Waals surface area contributed by atoms with E-state index in [2.05, 4.69) is 24.8 Å². The number of carbonyl (C=O) groups is 6. The number of fused-ring (bicyclic) bond motifs is 2. The van der Waals surface area contributed by atoms with Gasteiger partial charge < -0.3 is 49.8 Å². The number of aromatic amines is 2. The minimum Gasteiger partial charge on any atom is -0.477 e. The van der Waals surface area contributed by atoms with Crippen LogP contribution in [0, 0.1) is 0 Å². The van der Waals surface area contributed by atoms with Gasteiger partial charge in [-0.3, -0.25) is 9.59 Å². The van der Waals surface area contributed by atoms with Crippen LogP contribution < -0.4 is 21.9 Å². The minimum atomic E-state index is -1.21. The number of nitrogens with one attached hydrogen (secondary N) is 3. The van der Waals surface area contributed by atoms with Gasteiger partial charge in [0, 0.05) is 51.8 Å². The number of pyridine rings is 2. The summed E-state index contributed by atoms with van der Waals surface area (Å²) in [6, 6.07) is 32.5. The van der Waals surface area contributed by atoms with E-state index in [0.717, 1.165) is 11.4 Å². The monoisotopic (exact) mass is 996 g/mol. The summed E-state index contributed by atoms with van der Waals surface area (Å²) in [5, 5.41) is 12.5. The number of carboxylic acid groups (broad SMARTS) is 1. The fourth-order valence-corrected chi connectivity index (χ4v) is 5.35. The normalized spacial score (nSPS) is 9.19. The van der Waals surface area contributed by atoms with Crippen molar-refractivity contribution < 1.29 is 57.6 Å². The van der Waals surface area contributed by atoms with Crippen LogP contribution in [0.2, 0.25) is 0 Å². The van der Waals surface area contributed by atoms with Crippen molar-refractivity contribution in [3.05, 3.63) is 177 Å². The highest BCUT2D eigenvalue weighted by Crippen LogP contribution is 2.10. The number of hydrogen-bond acceptors (Lipinski definition) is 15. The van der Waals surface area contributed by atoms with Crippen LogP contribution >= 0.6 is 0 Å². The first kappa shape index (κ1) is 65.3. The van der Waals surface area contributed by atoms with Gasteiger partial charge in [0.2, 0.25) is 10.9 Å². The smallest absolute Gasteiger partial charge is 0.347 e. The highest BCUT2D eigenvalue weighted by Gasteiger charge is 2.21. The van der Waals surface area contributed by atoms with E-state index < -0.39 is 41.2 Å². The second kappa shape index (κ2) is 36.2. The zero-order valence-corrected chi connectivity index (χ0v) is 39.1. The summed E-state index contributed by atoms with van der Waals surface area (Å²) >= 11 is 0. The Labute approximate surface area is 419 Å². The molecule has 0 atom stereocenters. The summed E-state index contributed by atoms with van der Waals surface area (Å²) in [4.78, 5) is 96.8. The van der Waals surface area contributed by atoms with E-state index in [0.29, 0.717) is 21.8 Å². The summed E-state index contributed by atoms with van der Waals surface area (Å²) in [5.41, 5.74) is 7.13. The van der Waals surface area contributed by atoms with Crippen LogP contribution in [0.3, 0.4) is 0 Å². The molecular weight excluding hydrogens is 929 g/mol. The summed E-state index contributed by atoms with van der Waals surface area (Å²) < 4.78 is 23.7. The van der Waals surface area contributed by atoms with E-state index in [1.165, 1.54) is 24.7 Å². The van der Waals surface area contributed by atoms with E-state index in [-0.39, 0.29) is 83.0 Å². The Morgan fingerprint density at radius 3 is 1.26 bits per heavy atom. The lowest BCUT2D eigenvalue weighted by Crippen LogP contribution is -2.19. The number of H-pyrrole nitrogens is 2. The number of esters is 5. The maximum absolute atomic E-state index is 11.9. The molecule has 0 aliphatic heterocycles. The molecule has 6 rings (SSSR count). The van der Waals surface area contributed by atoms with Crippen LogP contribution in [0.5, 0.6) is 0 Å². The van der Waals surface area contributed by atoms with Crippen molar-refractivity contribution in [2.45, 2.75) is 63.8 Å². The number of aromatic carboxylic acids is 1. The topological polar surface area (TPSA) is 273 Å². The molecule has 0 aliphatic carbocycles. The lowest BCUT2D eigenvalue weighted by Gasteiger charge is -2.07. The highest BCUT2D eigenvalue weighted by molar-refractivity contribution is 6.14. The molecule has 18 nitrogen and oxygen atoms in total. The Hall–Kier alpha value is -8.80. The van der Waals surface area contributed by atoms with Crippen molar-refractivity contribution in [1.82, 2.24) is 9.97 Å². The molecule has 72 heavy (non-hydrogen) atoms. The van der Waals surface area contributed by atoms with E-state index >= 15 is 0 Å². The molecule has 0 radical (unpaired) electrons. The maximum Gasteiger partial charge on any atom is 0.347 e. The van der Waals surface area contributed by atoms with E-state index in [9.17, 15) is 38.4 Å². The van der Waals surface area contributed by atoms with E-state index in [1.807, 2.05) is 66.7 Å². The van der Waals surface area contributed by atoms with E-state index in [4.69, 9.17) is 25.1 Å². The zero-order valence-electron chi connectivity index (χ0n) is 39.1. The Morgan fingerprint density at radius 2 is 0.889 bits per heavy atom. The highest BCUT2D eigenvalue weighted by atomic mass is 16.6. The summed E-state index contributed by atoms with van der Waals surface area (Å²) in [7, 11) is 0. The number of carboxylic acids is 1. The molecule has 0 saturated carbocycles. The Kier molecular flexibility index (Phi) is 32.8. The van der Waals surface area contributed by atoms with Gasteiger partial charge in [-0.05, 0) is 90.1 Å². The number of nitrogens with two attached hydrogens (primary N) is 1. The molecule has 388 valence electrons. The predicted octanol–water partition coefficient (Wildman–Crippen LogP) is 9.28. The summed E-state index contributed by atoms with van der Waals surface area (Å²) in [6.45, 7) is 11.1. The van der Waals surface area contributed by atoms with Crippen molar-refractivity contribution in [1.29, 1.82) is 0 Å². The molecule has 0 aliphatic rings. The molecule has 2 aromatic heterocycles. The van der Waals surface area contributed by atoms with Gasteiger partial charge in [-0.15, -0.1) is 0 Å². The molecule has 6 N–H and O–H groups in total. The number of rotatable bonds is 13. The fourth-order valence-electron chi connectivity index (χ4n) is 5.35. The molecule has 6 aromatic rings. The van der Waals surface area contributed by atoms with Gasteiger partial charge >= 0.3 is 35.8 Å². The fraction of sp³-hybridized carbons (Fsp3) is 0.259. The van der Waals surface area contributed by atoms with Crippen LogP contribution in [0.1, 0.15) is 84.5 Å². The lowest BCUT2D eigenvalue weighted by atomic mass is 10.1. The Bertz CT molecular complexity index is 2760. The van der Waals surface area contributed by atoms with Gasteiger partial charge in [0.1, 0.15) is 16.7 Å². The summed E-state index contributed by atoms with van der Waals surface area (Å²) in [6.07, 6.45) is 5.29. The third kappa shape index (κ3) is 21.7. The number of benzene rings is 4. The Morgan fingerprint density at radius 1 is 0.528 bits per heavy atom. The average molecular weight is 997 g/mol. The average Bonchev–Trinajstić information content (AvgIpc) is 3.34. The summed E-state index contributed by atoms with van der Waals surface area (Å²) in [5.74, 6) is -4.48. The molecule has 18 heteroatoms. The van der Waals surface area contributed by atoms with Crippen molar-refractivity contribution in [2.24, 2.45) is 0 Å². The molecule has 4 aromatic carbocycles. The second-order valence-electron chi connectivity index (χ2n) is 13.2. The van der Waals surface area contributed by atoms with Crippen molar-refractivity contribution >= 4 is 69.0 Å². The number of allylic oxidation sites excluding steroid dienone is 1. The van der Waals surface area contributed by atoms with Gasteiger partial charge in [-0.2, -0.15) is 0 Å². The molecule has 0 fully saturated rings. The largest absolute Gasteiger partial charge is 0.477 e. The van der Waals surface area contributed by atoms with Gasteiger partial charge in [0.15, 0.2) is 5.57 Å². The van der Waals surface area contributed by atoms with Crippen LogP contribution in [-0.4, -0.2) is 83.9 Å². The third-order valence-electron chi connectivity index (χ3n) is 8.53. The molecule has 2 heterocycles. The number of para-hydroxylation sites is 4. The molecule has 0 saturated heterocycles. The van der Waals surface area contributed by atoms with Gasteiger partial charge in [0.05, 0.1) is 33.0 Å². The lowest BCUT2D eigenvalue weighted by molar-refractivity contribution is -0.148. The van der Waals surface area contributed by atoms with E-state index in [1.54, 1.807) is 84.0 Å². The first-order chi connectivity index (χ1) is 33.2. The number of ether oxygens (including phenoxy) is 5. The standard InChI is InChI=1S/C14H17NO4.C12H11NO3.C10H7NO3.C9H14O4.C6H7N.3CH4/c1-3-18-13(16)12(14(17)19-4-2)10-15-11-8-6-5-7-9-11;1-2-16-12(15)9-7-13-10-6-4-3-5-8(10)11(9)14;12-9-6-3-1-2-4-8(6)11-5-7(9)10(13)14;1-4-7(8(10)12-5-2)9(11)13-6-3;7-6-4-2-1-3-5-6;;;/h5-10,15H,3-4H2,1-2H3;3-7H,2H2,1H3,(H,13,14);1-5H,(H,11,12)(H,13,14);4H,5-6H2,1-3H3;1-5H,7H2;3*1H4. The first-order valence-corrected chi connectivity index (χ1v) is 21.5. The predicted molar refractivity (Wildman–Crippen MR) is 282 cm³/mol. The van der Waals surface area contributed by atoms with Crippen LogP contribution in [0.25, 0.3) is 21.8 Å². The SMILES string of the molecule is C.C.C.CC=C(C(=O)OCC)C(=O)OCC.CCOC(=O)C(=CNc1ccccc1)C(=O)OCC.CCOC(=O)c1c[nH]c2ccccc2c1=O.Nc1ccccc1.O=C(O)c1c[nH]c2ccccc2c1=O. The van der Waals surface area contributed by atoms with Crippen molar-refractivity contribution in [2.75, 3.05) is 44.1 Å².